The minimum atomic E-state index is -0.250. The molecule has 0 saturated heterocycles. The zero-order valence-corrected chi connectivity index (χ0v) is 16.7. The van der Waals surface area contributed by atoms with Crippen molar-refractivity contribution < 1.29 is 4.79 Å². The molecule has 0 aliphatic carbocycles. The highest BCUT2D eigenvalue weighted by atomic mass is 16.2. The molecule has 0 saturated carbocycles. The van der Waals surface area contributed by atoms with Gasteiger partial charge in [0.25, 0.3) is 5.78 Å². The lowest BCUT2D eigenvalue weighted by atomic mass is 10.0. The summed E-state index contributed by atoms with van der Waals surface area (Å²) in [5.74, 6) is 0.312. The van der Waals surface area contributed by atoms with Crippen LogP contribution in [-0.2, 0) is 11.2 Å². The second-order valence-corrected chi connectivity index (χ2v) is 6.85. The SMILES string of the molecule is Cc1nc2nc(N)nn2c(C)c1CC(=O)NN=C(c1ccccc1)c1ccccc1. The van der Waals surface area contributed by atoms with E-state index in [0.29, 0.717) is 17.2 Å². The number of aromatic nitrogens is 4. The first-order valence-corrected chi connectivity index (χ1v) is 9.48. The Kier molecular flexibility index (Phi) is 5.21. The number of amides is 1. The van der Waals surface area contributed by atoms with Crippen molar-refractivity contribution in [3.63, 3.8) is 0 Å². The molecule has 4 aromatic rings. The van der Waals surface area contributed by atoms with Gasteiger partial charge in [-0.05, 0) is 13.8 Å². The second-order valence-electron chi connectivity index (χ2n) is 6.85. The number of hydrogen-bond acceptors (Lipinski definition) is 6. The molecule has 2 heterocycles. The van der Waals surface area contributed by atoms with Gasteiger partial charge in [0, 0.05) is 28.1 Å². The average Bonchev–Trinajstić information content (AvgIpc) is 3.13. The Morgan fingerprint density at radius 1 is 1.00 bits per heavy atom. The molecule has 1 amide bonds. The van der Waals surface area contributed by atoms with E-state index in [2.05, 4.69) is 25.6 Å². The van der Waals surface area contributed by atoms with E-state index in [9.17, 15) is 4.79 Å². The molecule has 4 rings (SSSR count). The van der Waals surface area contributed by atoms with Gasteiger partial charge in [-0.2, -0.15) is 14.6 Å². The van der Waals surface area contributed by atoms with Crippen LogP contribution in [0.15, 0.2) is 65.8 Å². The first-order valence-electron chi connectivity index (χ1n) is 9.48. The fourth-order valence-corrected chi connectivity index (χ4v) is 3.29. The van der Waals surface area contributed by atoms with Crippen LogP contribution in [0.5, 0.6) is 0 Å². The molecule has 150 valence electrons. The minimum absolute atomic E-state index is 0.112. The highest BCUT2D eigenvalue weighted by molar-refractivity contribution is 6.13. The van der Waals surface area contributed by atoms with Gasteiger partial charge in [0.2, 0.25) is 11.9 Å². The van der Waals surface area contributed by atoms with Crippen molar-refractivity contribution in [1.29, 1.82) is 0 Å². The van der Waals surface area contributed by atoms with E-state index < -0.39 is 0 Å². The van der Waals surface area contributed by atoms with E-state index in [0.717, 1.165) is 22.4 Å². The monoisotopic (exact) mass is 399 g/mol. The highest BCUT2D eigenvalue weighted by Crippen LogP contribution is 2.15. The molecule has 0 bridgehead atoms. The Labute approximate surface area is 173 Å². The van der Waals surface area contributed by atoms with Crippen LogP contribution in [0.2, 0.25) is 0 Å². The smallest absolute Gasteiger partial charge is 0.254 e. The first-order chi connectivity index (χ1) is 14.5. The van der Waals surface area contributed by atoms with Crippen LogP contribution in [0, 0.1) is 13.8 Å². The fourth-order valence-electron chi connectivity index (χ4n) is 3.29. The van der Waals surface area contributed by atoms with Gasteiger partial charge in [-0.15, -0.1) is 5.10 Å². The quantitative estimate of drug-likeness (QED) is 0.396. The lowest BCUT2D eigenvalue weighted by Crippen LogP contribution is -2.24. The van der Waals surface area contributed by atoms with E-state index in [1.807, 2.05) is 74.5 Å². The van der Waals surface area contributed by atoms with Crippen molar-refractivity contribution in [1.82, 2.24) is 25.0 Å². The van der Waals surface area contributed by atoms with Gasteiger partial charge in [0.15, 0.2) is 0 Å². The summed E-state index contributed by atoms with van der Waals surface area (Å²) in [6, 6.07) is 19.5. The number of nitrogen functional groups attached to an aromatic ring is 1. The highest BCUT2D eigenvalue weighted by Gasteiger charge is 2.16. The number of aryl methyl sites for hydroxylation is 2. The molecular weight excluding hydrogens is 378 g/mol. The van der Waals surface area contributed by atoms with E-state index >= 15 is 0 Å². The zero-order valence-electron chi connectivity index (χ0n) is 16.7. The van der Waals surface area contributed by atoms with E-state index in [1.165, 1.54) is 0 Å². The third kappa shape index (κ3) is 3.88. The number of nitrogens with two attached hydrogens (primary N) is 1. The number of rotatable bonds is 5. The summed E-state index contributed by atoms with van der Waals surface area (Å²) >= 11 is 0. The maximum Gasteiger partial charge on any atom is 0.254 e. The molecule has 3 N–H and O–H groups in total. The number of nitrogens with zero attached hydrogens (tertiary/aromatic N) is 5. The standard InChI is InChI=1S/C22H21N7O/c1-14-18(15(2)29-22(24-14)25-21(23)28-29)13-19(30)26-27-20(16-9-5-3-6-10-16)17-11-7-4-8-12-17/h3-12H,13H2,1-2H3,(H2,23,28)(H,26,30). The molecule has 0 spiro atoms. The van der Waals surface area contributed by atoms with Crippen molar-refractivity contribution in [2.45, 2.75) is 20.3 Å². The number of fused-ring (bicyclic) bond motifs is 1. The van der Waals surface area contributed by atoms with Crippen LogP contribution in [-0.4, -0.2) is 31.2 Å². The number of hydrazone groups is 1. The van der Waals surface area contributed by atoms with Crippen LogP contribution in [0.3, 0.4) is 0 Å². The largest absolute Gasteiger partial charge is 0.366 e. The summed E-state index contributed by atoms with van der Waals surface area (Å²) < 4.78 is 1.55. The summed E-state index contributed by atoms with van der Waals surface area (Å²) in [4.78, 5) is 21.2. The van der Waals surface area contributed by atoms with Crippen molar-refractivity contribution >= 4 is 23.3 Å². The van der Waals surface area contributed by atoms with Crippen molar-refractivity contribution in [3.8, 4) is 0 Å². The molecule has 0 fully saturated rings. The molecule has 0 atom stereocenters. The average molecular weight is 399 g/mol. The third-order valence-corrected chi connectivity index (χ3v) is 4.79. The Balaban J connectivity index is 1.61. The van der Waals surface area contributed by atoms with Crippen LogP contribution < -0.4 is 11.2 Å². The maximum atomic E-state index is 12.7. The first kappa shape index (κ1) is 19.3. The van der Waals surface area contributed by atoms with E-state index in [4.69, 9.17) is 5.73 Å². The van der Waals surface area contributed by atoms with Gasteiger partial charge < -0.3 is 5.73 Å². The number of carbonyl (C=O) groups is 1. The van der Waals surface area contributed by atoms with Crippen LogP contribution in [0.4, 0.5) is 5.95 Å². The molecule has 30 heavy (non-hydrogen) atoms. The predicted octanol–water partition coefficient (Wildman–Crippen LogP) is 2.43. The summed E-state index contributed by atoms with van der Waals surface area (Å²) in [6.07, 6.45) is 0.112. The topological polar surface area (TPSA) is 111 Å². The van der Waals surface area contributed by atoms with Crippen molar-refractivity contribution in [3.05, 3.63) is 88.7 Å². The van der Waals surface area contributed by atoms with Gasteiger partial charge >= 0.3 is 0 Å². The Hall–Kier alpha value is -4.07. The van der Waals surface area contributed by atoms with E-state index in [1.54, 1.807) is 4.52 Å². The third-order valence-electron chi connectivity index (χ3n) is 4.79. The molecule has 8 heteroatoms. The number of anilines is 1. The summed E-state index contributed by atoms with van der Waals surface area (Å²) in [5.41, 5.74) is 13.1. The molecule has 0 aliphatic heterocycles. The van der Waals surface area contributed by atoms with Gasteiger partial charge in [-0.1, -0.05) is 60.7 Å². The lowest BCUT2D eigenvalue weighted by Gasteiger charge is -2.11. The second kappa shape index (κ2) is 8.12. The summed E-state index contributed by atoms with van der Waals surface area (Å²) in [7, 11) is 0. The Morgan fingerprint density at radius 3 is 2.20 bits per heavy atom. The Bertz CT molecular complexity index is 1190. The molecule has 0 radical (unpaired) electrons. The molecule has 8 nitrogen and oxygen atoms in total. The van der Waals surface area contributed by atoms with Crippen LogP contribution in [0.25, 0.3) is 5.78 Å². The number of nitrogens with one attached hydrogen (secondary N) is 1. The minimum Gasteiger partial charge on any atom is -0.366 e. The van der Waals surface area contributed by atoms with Crippen molar-refractivity contribution in [2.75, 3.05) is 5.73 Å². The summed E-state index contributed by atoms with van der Waals surface area (Å²) in [5, 5.41) is 8.56. The predicted molar refractivity (Wildman–Crippen MR) is 115 cm³/mol. The van der Waals surface area contributed by atoms with Crippen LogP contribution in [0.1, 0.15) is 28.1 Å². The van der Waals surface area contributed by atoms with Gasteiger partial charge in [-0.25, -0.2) is 10.4 Å². The van der Waals surface area contributed by atoms with Gasteiger partial charge in [-0.3, -0.25) is 4.79 Å². The summed E-state index contributed by atoms with van der Waals surface area (Å²) in [6.45, 7) is 3.70. The lowest BCUT2D eigenvalue weighted by molar-refractivity contribution is -0.120. The van der Waals surface area contributed by atoms with Gasteiger partial charge in [0.1, 0.15) is 0 Å². The van der Waals surface area contributed by atoms with E-state index in [-0.39, 0.29) is 18.3 Å². The number of benzene rings is 2. The van der Waals surface area contributed by atoms with Crippen LogP contribution >= 0.6 is 0 Å². The van der Waals surface area contributed by atoms with Crippen molar-refractivity contribution in [2.24, 2.45) is 5.10 Å². The fraction of sp³-hybridized carbons (Fsp3) is 0.136. The molecular formula is C22H21N7O. The van der Waals surface area contributed by atoms with Gasteiger partial charge in [0.05, 0.1) is 12.1 Å². The Morgan fingerprint density at radius 2 is 1.60 bits per heavy atom. The molecule has 2 aromatic carbocycles. The maximum absolute atomic E-state index is 12.7. The number of carbonyl (C=O) groups excluding carboxylic acids is 1. The molecule has 0 unspecified atom stereocenters. The zero-order chi connectivity index (χ0) is 21.1. The molecule has 2 aromatic heterocycles. The number of hydrogen-bond donors (Lipinski definition) is 2. The normalized spacial score (nSPS) is 10.7. The molecule has 0 aliphatic rings.